The smallest absolute Gasteiger partial charge is 0.324 e. The number of aromatic nitrogens is 3. The Balaban J connectivity index is 1.71. The number of nitrogens with one attached hydrogen (secondary N) is 1. The highest BCUT2D eigenvalue weighted by molar-refractivity contribution is 5.82. The Morgan fingerprint density at radius 1 is 0.737 bits per heavy atom. The molecule has 2 aromatic heterocycles. The van der Waals surface area contributed by atoms with E-state index < -0.39 is 29.0 Å². The van der Waals surface area contributed by atoms with E-state index in [-0.39, 0.29) is 22.9 Å². The van der Waals surface area contributed by atoms with E-state index in [0.717, 1.165) is 24.3 Å². The Morgan fingerprint density at radius 2 is 1.24 bits per heavy atom. The van der Waals surface area contributed by atoms with E-state index in [2.05, 4.69) is 9.97 Å². The molecule has 0 aliphatic rings. The predicted molar refractivity (Wildman–Crippen MR) is 127 cm³/mol. The van der Waals surface area contributed by atoms with E-state index >= 15 is 0 Å². The lowest BCUT2D eigenvalue weighted by molar-refractivity contribution is -0.138. The van der Waals surface area contributed by atoms with Gasteiger partial charge in [-0.25, -0.2) is 9.38 Å². The molecule has 5 nitrogen and oxygen atoms in total. The zero-order valence-electron chi connectivity index (χ0n) is 19.0. The first-order valence-electron chi connectivity index (χ1n) is 11.0. The van der Waals surface area contributed by atoms with Crippen molar-refractivity contribution in [3.63, 3.8) is 0 Å². The van der Waals surface area contributed by atoms with Gasteiger partial charge in [0.05, 0.1) is 39.8 Å². The van der Waals surface area contributed by atoms with Gasteiger partial charge in [-0.2, -0.15) is 31.6 Å². The van der Waals surface area contributed by atoms with Crippen LogP contribution in [0.15, 0.2) is 83.7 Å². The molecule has 0 unspecified atom stereocenters. The van der Waals surface area contributed by atoms with E-state index in [9.17, 15) is 31.1 Å². The molecule has 0 saturated carbocycles. The van der Waals surface area contributed by atoms with Gasteiger partial charge in [0.15, 0.2) is 0 Å². The van der Waals surface area contributed by atoms with E-state index in [1.54, 1.807) is 12.1 Å². The summed E-state index contributed by atoms with van der Waals surface area (Å²) >= 11 is 0. The molecule has 38 heavy (non-hydrogen) atoms. The molecule has 11 heteroatoms. The molecule has 3 aromatic carbocycles. The molecule has 5 rings (SSSR count). The van der Waals surface area contributed by atoms with E-state index in [1.807, 2.05) is 6.07 Å². The van der Waals surface area contributed by atoms with E-state index in [4.69, 9.17) is 5.26 Å². The molecule has 0 amide bonds. The van der Waals surface area contributed by atoms with E-state index in [0.29, 0.717) is 22.3 Å². The highest BCUT2D eigenvalue weighted by Crippen LogP contribution is 2.35. The van der Waals surface area contributed by atoms with Crippen LogP contribution in [0.5, 0.6) is 0 Å². The number of nitriles is 1. The average molecular weight is 524 g/mol. The van der Waals surface area contributed by atoms with Gasteiger partial charge in [-0.05, 0) is 42.0 Å². The summed E-state index contributed by atoms with van der Waals surface area (Å²) in [5, 5.41) is 9.12. The molecule has 0 radical (unpaired) electrons. The van der Waals surface area contributed by atoms with E-state index in [1.165, 1.54) is 46.9 Å². The third-order valence-electron chi connectivity index (χ3n) is 5.91. The van der Waals surface area contributed by atoms with Crippen LogP contribution in [-0.4, -0.2) is 14.4 Å². The minimum absolute atomic E-state index is 0.0293. The fourth-order valence-corrected chi connectivity index (χ4v) is 4.04. The van der Waals surface area contributed by atoms with Crippen molar-refractivity contribution in [2.75, 3.05) is 0 Å². The zero-order valence-corrected chi connectivity index (χ0v) is 19.0. The van der Waals surface area contributed by atoms with Crippen LogP contribution < -0.4 is 5.56 Å². The third-order valence-corrected chi connectivity index (χ3v) is 5.91. The summed E-state index contributed by atoms with van der Waals surface area (Å²) in [5.41, 5.74) is -0.183. The van der Waals surface area contributed by atoms with Gasteiger partial charge < -0.3 is 4.98 Å². The lowest BCUT2D eigenvalue weighted by Gasteiger charge is -2.09. The Kier molecular flexibility index (Phi) is 5.83. The lowest BCUT2D eigenvalue weighted by atomic mass is 10.0. The Bertz CT molecular complexity index is 1740. The number of halogens is 6. The molecule has 0 spiro atoms. The number of rotatable bonds is 3. The van der Waals surface area contributed by atoms with Gasteiger partial charge in [0.25, 0.3) is 5.56 Å². The van der Waals surface area contributed by atoms with Gasteiger partial charge in [0, 0.05) is 17.2 Å². The fraction of sp³-hybridized carbons (Fsp3) is 0.0741. The van der Waals surface area contributed by atoms with Gasteiger partial charge in [0.2, 0.25) is 5.78 Å². The van der Waals surface area contributed by atoms with Crippen LogP contribution in [0.4, 0.5) is 26.3 Å². The SMILES string of the molecule is N#Cc1ccc(-c2c(-c3ccc(C(F)(F)F)cc3)nc3[nH]c(-c4ccc(C(F)(F)F)cc4)cc(=O)n23)cc1. The number of alkyl halides is 6. The number of H-pyrrole nitrogens is 1. The van der Waals surface area contributed by atoms with Gasteiger partial charge in [-0.1, -0.05) is 36.4 Å². The quantitative estimate of drug-likeness (QED) is 0.260. The maximum Gasteiger partial charge on any atom is 0.416 e. The first-order valence-corrected chi connectivity index (χ1v) is 11.0. The van der Waals surface area contributed by atoms with Crippen LogP contribution in [0.3, 0.4) is 0 Å². The minimum atomic E-state index is -4.54. The number of aromatic amines is 1. The second-order valence-corrected chi connectivity index (χ2v) is 8.33. The number of nitrogens with zero attached hydrogens (tertiary/aromatic N) is 3. The summed E-state index contributed by atoms with van der Waals surface area (Å²) in [6.07, 6.45) is -9.06. The van der Waals surface area contributed by atoms with Crippen LogP contribution in [0.2, 0.25) is 0 Å². The number of hydrogen-bond donors (Lipinski definition) is 1. The highest BCUT2D eigenvalue weighted by atomic mass is 19.4. The maximum absolute atomic E-state index is 13.3. The van der Waals surface area contributed by atoms with Gasteiger partial charge in [-0.3, -0.25) is 4.79 Å². The van der Waals surface area contributed by atoms with Crippen molar-refractivity contribution in [2.24, 2.45) is 0 Å². The maximum atomic E-state index is 13.3. The standard InChI is InChI=1S/C27H14F6N4O/c28-26(29,30)19-9-5-16(6-10-19)21-13-22(38)37-24(18-3-1-15(14-34)2-4-18)23(36-25(37)35-21)17-7-11-20(12-8-17)27(31,32)33/h1-13H,(H,35,36). The Morgan fingerprint density at radius 3 is 1.74 bits per heavy atom. The summed E-state index contributed by atoms with van der Waals surface area (Å²) in [6, 6.07) is 17.9. The van der Waals surface area contributed by atoms with Crippen molar-refractivity contribution < 1.29 is 26.3 Å². The average Bonchev–Trinajstić information content (AvgIpc) is 3.28. The summed E-state index contributed by atoms with van der Waals surface area (Å²) < 4.78 is 79.4. The normalized spacial score (nSPS) is 12.0. The topological polar surface area (TPSA) is 73.9 Å². The number of hydrogen-bond acceptors (Lipinski definition) is 3. The van der Waals surface area contributed by atoms with Crippen LogP contribution >= 0.6 is 0 Å². The first kappa shape index (κ1) is 24.8. The molecule has 0 atom stereocenters. The van der Waals surface area contributed by atoms with Crippen molar-refractivity contribution in [1.82, 2.24) is 14.4 Å². The first-order chi connectivity index (χ1) is 18.0. The van der Waals surface area contributed by atoms with Crippen LogP contribution in [0.1, 0.15) is 16.7 Å². The zero-order chi connectivity index (χ0) is 27.2. The van der Waals surface area contributed by atoms with Crippen molar-refractivity contribution in [3.8, 4) is 39.8 Å². The van der Waals surface area contributed by atoms with Crippen molar-refractivity contribution >= 4 is 5.78 Å². The molecular weight excluding hydrogens is 510 g/mol. The number of benzene rings is 3. The van der Waals surface area contributed by atoms with Crippen LogP contribution in [0.25, 0.3) is 39.5 Å². The molecular formula is C27H14F6N4O. The number of imidazole rings is 1. The van der Waals surface area contributed by atoms with Crippen molar-refractivity contribution in [2.45, 2.75) is 12.4 Å². The molecule has 2 heterocycles. The minimum Gasteiger partial charge on any atom is -0.324 e. The van der Waals surface area contributed by atoms with Gasteiger partial charge >= 0.3 is 12.4 Å². The Labute approximate surface area is 210 Å². The molecule has 0 aliphatic heterocycles. The molecule has 0 aliphatic carbocycles. The number of fused-ring (bicyclic) bond motifs is 1. The molecule has 190 valence electrons. The molecule has 0 bridgehead atoms. The molecule has 1 N–H and O–H groups in total. The van der Waals surface area contributed by atoms with Gasteiger partial charge in [0.1, 0.15) is 0 Å². The molecule has 0 fully saturated rings. The highest BCUT2D eigenvalue weighted by Gasteiger charge is 2.31. The van der Waals surface area contributed by atoms with Crippen molar-refractivity contribution in [1.29, 1.82) is 5.26 Å². The van der Waals surface area contributed by atoms with Gasteiger partial charge in [-0.15, -0.1) is 0 Å². The predicted octanol–water partition coefficient (Wildman–Crippen LogP) is 6.93. The lowest BCUT2D eigenvalue weighted by Crippen LogP contribution is -2.14. The summed E-state index contributed by atoms with van der Waals surface area (Å²) in [7, 11) is 0. The second-order valence-electron chi connectivity index (χ2n) is 8.33. The summed E-state index contributed by atoms with van der Waals surface area (Å²) in [5.74, 6) is 0.0293. The van der Waals surface area contributed by atoms with Crippen molar-refractivity contribution in [3.05, 3.63) is 106 Å². The monoisotopic (exact) mass is 524 g/mol. The van der Waals surface area contributed by atoms with Crippen LogP contribution in [-0.2, 0) is 12.4 Å². The fourth-order valence-electron chi connectivity index (χ4n) is 4.04. The largest absolute Gasteiger partial charge is 0.416 e. The molecule has 5 aromatic rings. The summed E-state index contributed by atoms with van der Waals surface area (Å²) in [6.45, 7) is 0. The van der Waals surface area contributed by atoms with Crippen LogP contribution in [0, 0.1) is 11.3 Å². The molecule has 0 saturated heterocycles. The second kappa shape index (κ2) is 8.92. The summed E-state index contributed by atoms with van der Waals surface area (Å²) in [4.78, 5) is 20.7. The third kappa shape index (κ3) is 4.52. The Hall–Kier alpha value is -4.85.